The zero-order chi connectivity index (χ0) is 18.9. The Hall–Kier alpha value is -2.95. The number of fused-ring (bicyclic) bond motifs is 1. The summed E-state index contributed by atoms with van der Waals surface area (Å²) in [6, 6.07) is 11.6. The Morgan fingerprint density at radius 1 is 1.23 bits per heavy atom. The van der Waals surface area contributed by atoms with Gasteiger partial charge in [-0.25, -0.2) is 9.82 Å². The van der Waals surface area contributed by atoms with Gasteiger partial charge in [0.15, 0.2) is 0 Å². The number of benzene rings is 2. The van der Waals surface area contributed by atoms with Crippen LogP contribution in [0.4, 0.5) is 10.1 Å². The molecule has 134 valence electrons. The van der Waals surface area contributed by atoms with E-state index in [2.05, 4.69) is 55.4 Å². The van der Waals surface area contributed by atoms with Crippen LogP contribution < -0.4 is 10.3 Å². The molecule has 4 nitrogen and oxygen atoms in total. The molecule has 0 bridgehead atoms. The highest BCUT2D eigenvalue weighted by atomic mass is 19.1. The van der Waals surface area contributed by atoms with Crippen LogP contribution >= 0.6 is 0 Å². The minimum absolute atomic E-state index is 0.0361. The summed E-state index contributed by atoms with van der Waals surface area (Å²) in [6.07, 6.45) is 3.83. The predicted octanol–water partition coefficient (Wildman–Crippen LogP) is 4.22. The first-order valence-corrected chi connectivity index (χ1v) is 8.44. The molecule has 3 rings (SSSR count). The molecular weight excluding hydrogens is 329 g/mol. The molecule has 1 heterocycles. The van der Waals surface area contributed by atoms with Gasteiger partial charge in [-0.2, -0.15) is 5.10 Å². The van der Waals surface area contributed by atoms with Crippen molar-refractivity contribution in [3.8, 4) is 0 Å². The van der Waals surface area contributed by atoms with Crippen LogP contribution in [0, 0.1) is 5.82 Å². The number of hydrazone groups is 1. The van der Waals surface area contributed by atoms with Crippen LogP contribution in [-0.4, -0.2) is 24.7 Å². The summed E-state index contributed by atoms with van der Waals surface area (Å²) in [6.45, 7) is 6.45. The van der Waals surface area contributed by atoms with Crippen molar-refractivity contribution in [1.29, 1.82) is 0 Å². The van der Waals surface area contributed by atoms with Crippen molar-refractivity contribution >= 4 is 23.4 Å². The van der Waals surface area contributed by atoms with Crippen LogP contribution in [0.3, 0.4) is 0 Å². The number of nitrogens with one attached hydrogen (secondary N) is 1. The quantitative estimate of drug-likeness (QED) is 0.665. The summed E-state index contributed by atoms with van der Waals surface area (Å²) in [5.74, 6) is -0.901. The summed E-state index contributed by atoms with van der Waals surface area (Å²) in [4.78, 5) is 14.2. The van der Waals surface area contributed by atoms with Crippen LogP contribution in [0.2, 0.25) is 0 Å². The Bertz CT molecular complexity index is 915. The summed E-state index contributed by atoms with van der Waals surface area (Å²) in [5.41, 5.74) is 7.02. The monoisotopic (exact) mass is 351 g/mol. The summed E-state index contributed by atoms with van der Waals surface area (Å²) >= 11 is 0. The Morgan fingerprint density at radius 3 is 2.73 bits per heavy atom. The second kappa shape index (κ2) is 6.75. The van der Waals surface area contributed by atoms with Crippen molar-refractivity contribution in [2.24, 2.45) is 5.10 Å². The van der Waals surface area contributed by atoms with Crippen LogP contribution in [0.5, 0.6) is 0 Å². The lowest BCUT2D eigenvalue weighted by atomic mass is 9.89. The average Bonchev–Trinajstić information content (AvgIpc) is 2.59. The van der Waals surface area contributed by atoms with E-state index < -0.39 is 11.7 Å². The fraction of sp³-hybridized carbons (Fsp3) is 0.238. The van der Waals surface area contributed by atoms with Gasteiger partial charge in [-0.1, -0.05) is 18.2 Å². The number of halogens is 1. The Balaban J connectivity index is 1.77. The lowest BCUT2D eigenvalue weighted by molar-refractivity contribution is 0.0954. The molecule has 26 heavy (non-hydrogen) atoms. The van der Waals surface area contributed by atoms with Gasteiger partial charge in [0, 0.05) is 23.9 Å². The first-order chi connectivity index (χ1) is 12.3. The van der Waals surface area contributed by atoms with Crippen LogP contribution in [0.25, 0.3) is 5.57 Å². The van der Waals surface area contributed by atoms with E-state index in [1.165, 1.54) is 23.8 Å². The number of likely N-dealkylation sites (N-methyl/N-ethyl adjacent to an activating group) is 1. The van der Waals surface area contributed by atoms with E-state index in [9.17, 15) is 9.18 Å². The number of allylic oxidation sites excluding steroid dienone is 1. The molecule has 0 saturated heterocycles. The summed E-state index contributed by atoms with van der Waals surface area (Å²) in [5, 5.41) is 3.99. The van der Waals surface area contributed by atoms with Gasteiger partial charge in [0.1, 0.15) is 5.82 Å². The number of hydrogen-bond acceptors (Lipinski definition) is 3. The fourth-order valence-electron chi connectivity index (χ4n) is 3.12. The third-order valence-corrected chi connectivity index (χ3v) is 4.71. The highest BCUT2D eigenvalue weighted by Gasteiger charge is 2.28. The summed E-state index contributed by atoms with van der Waals surface area (Å²) < 4.78 is 13.2. The molecule has 0 unspecified atom stereocenters. The maximum absolute atomic E-state index is 13.2. The average molecular weight is 351 g/mol. The first kappa shape index (κ1) is 17.9. The molecule has 0 aromatic heterocycles. The van der Waals surface area contributed by atoms with E-state index in [0.29, 0.717) is 0 Å². The zero-order valence-corrected chi connectivity index (χ0v) is 15.4. The number of nitrogens with zero attached hydrogens (tertiary/aromatic N) is 2. The van der Waals surface area contributed by atoms with Gasteiger partial charge in [-0.3, -0.25) is 4.79 Å². The van der Waals surface area contributed by atoms with E-state index in [1.807, 2.05) is 12.1 Å². The molecule has 1 N–H and O–H groups in total. The number of carbonyl (C=O) groups excluding carboxylic acids is 1. The smallest absolute Gasteiger partial charge is 0.271 e. The zero-order valence-electron chi connectivity index (χ0n) is 15.4. The molecule has 0 spiro atoms. The fourth-order valence-corrected chi connectivity index (χ4v) is 3.12. The Kier molecular flexibility index (Phi) is 4.64. The van der Waals surface area contributed by atoms with Crippen LogP contribution in [0.15, 0.2) is 53.6 Å². The van der Waals surface area contributed by atoms with E-state index in [-0.39, 0.29) is 11.1 Å². The largest absolute Gasteiger partial charge is 0.366 e. The van der Waals surface area contributed by atoms with Crippen molar-refractivity contribution in [3.63, 3.8) is 0 Å². The van der Waals surface area contributed by atoms with E-state index in [1.54, 1.807) is 12.3 Å². The molecule has 5 heteroatoms. The van der Waals surface area contributed by atoms with Gasteiger partial charge in [0.25, 0.3) is 5.91 Å². The normalized spacial score (nSPS) is 15.6. The maximum Gasteiger partial charge on any atom is 0.271 e. The lowest BCUT2D eigenvalue weighted by Gasteiger charge is -2.40. The second-order valence-electron chi connectivity index (χ2n) is 7.03. The highest BCUT2D eigenvalue weighted by molar-refractivity contribution is 5.95. The number of amides is 1. The van der Waals surface area contributed by atoms with Crippen molar-refractivity contribution in [2.45, 2.75) is 26.3 Å². The topological polar surface area (TPSA) is 44.7 Å². The van der Waals surface area contributed by atoms with E-state index in [4.69, 9.17) is 0 Å². The third-order valence-electron chi connectivity index (χ3n) is 4.71. The van der Waals surface area contributed by atoms with Gasteiger partial charge in [-0.15, -0.1) is 0 Å². The van der Waals surface area contributed by atoms with Gasteiger partial charge in [-0.05, 0) is 62.2 Å². The van der Waals surface area contributed by atoms with E-state index >= 15 is 0 Å². The molecule has 1 aliphatic heterocycles. The molecular formula is C21H22FN3O. The molecule has 1 amide bonds. The van der Waals surface area contributed by atoms with Crippen LogP contribution in [0.1, 0.15) is 42.3 Å². The molecule has 2 aromatic rings. The first-order valence-electron chi connectivity index (χ1n) is 8.44. The third kappa shape index (κ3) is 3.52. The minimum atomic E-state index is -0.453. The molecule has 2 aromatic carbocycles. The lowest BCUT2D eigenvalue weighted by Crippen LogP contribution is -2.42. The molecule has 0 radical (unpaired) electrons. The van der Waals surface area contributed by atoms with Gasteiger partial charge < -0.3 is 4.90 Å². The standard InChI is InChI=1S/C21H22FN3O/c1-14-12-21(2,3)25(4)19-9-8-15(10-18(14)19)13-23-24-20(26)16-6-5-7-17(22)11-16/h5-13H,1-4H3,(H,24,26)/b23-13-. The van der Waals surface area contributed by atoms with Crippen molar-refractivity contribution in [2.75, 3.05) is 11.9 Å². The number of hydrogen-bond donors (Lipinski definition) is 1. The van der Waals surface area contributed by atoms with Crippen molar-refractivity contribution < 1.29 is 9.18 Å². The maximum atomic E-state index is 13.2. The molecule has 0 saturated carbocycles. The van der Waals surface area contributed by atoms with Gasteiger partial charge in [0.05, 0.1) is 11.8 Å². The van der Waals surface area contributed by atoms with Gasteiger partial charge >= 0.3 is 0 Å². The number of rotatable bonds is 3. The Morgan fingerprint density at radius 2 is 2.00 bits per heavy atom. The number of carbonyl (C=O) groups is 1. The Labute approximate surface area is 153 Å². The predicted molar refractivity (Wildman–Crippen MR) is 104 cm³/mol. The molecule has 0 aliphatic carbocycles. The molecule has 0 atom stereocenters. The minimum Gasteiger partial charge on any atom is -0.366 e. The summed E-state index contributed by atoms with van der Waals surface area (Å²) in [7, 11) is 2.08. The van der Waals surface area contributed by atoms with Crippen molar-refractivity contribution in [1.82, 2.24) is 5.43 Å². The second-order valence-corrected chi connectivity index (χ2v) is 7.03. The van der Waals surface area contributed by atoms with E-state index in [0.717, 1.165) is 16.8 Å². The van der Waals surface area contributed by atoms with Crippen LogP contribution in [-0.2, 0) is 0 Å². The van der Waals surface area contributed by atoms with Gasteiger partial charge in [0.2, 0.25) is 0 Å². The SMILES string of the molecule is CC1=CC(C)(C)N(C)c2ccc(/C=N\NC(=O)c3cccc(F)c3)cc21. The molecule has 0 fully saturated rings. The van der Waals surface area contributed by atoms with Crippen molar-refractivity contribution in [3.05, 3.63) is 71.0 Å². The number of anilines is 1. The highest BCUT2D eigenvalue weighted by Crippen LogP contribution is 2.37. The molecule has 1 aliphatic rings.